The van der Waals surface area contributed by atoms with Crippen LogP contribution >= 0.6 is 0 Å². The number of hydrogen-bond acceptors (Lipinski definition) is 12. The third-order valence-electron chi connectivity index (χ3n) is 8.12. The molecule has 1 aliphatic rings. The SMILES string of the molecule is CCOC(=O)CCCCCCN(C=C(C)CN1c2c(nc(N)[nH]c2=O)NCC1CNc1ccc(C(=O)NC(CCC(=O)O)C(=O)O)cc1)C(C)=O. The lowest BCUT2D eigenvalue weighted by molar-refractivity contribution is -0.143. The zero-order valence-corrected chi connectivity index (χ0v) is 29.2. The summed E-state index contributed by atoms with van der Waals surface area (Å²) in [6.07, 6.45) is 4.67. The number of amides is 2. The molecule has 0 saturated heterocycles. The van der Waals surface area contributed by atoms with Crippen molar-refractivity contribution in [2.45, 2.75) is 77.8 Å². The number of fused-ring (bicyclic) bond motifs is 1. The van der Waals surface area contributed by atoms with E-state index >= 15 is 0 Å². The third kappa shape index (κ3) is 12.7. The molecular weight excluding hydrogens is 664 g/mol. The molecule has 2 aromatic rings. The van der Waals surface area contributed by atoms with Crippen molar-refractivity contribution >= 4 is 52.9 Å². The molecule has 17 nitrogen and oxygen atoms in total. The minimum atomic E-state index is -1.35. The third-order valence-corrected chi connectivity index (χ3v) is 8.12. The van der Waals surface area contributed by atoms with Crippen molar-refractivity contribution in [3.05, 3.63) is 52.0 Å². The minimum absolute atomic E-state index is 0.0271. The van der Waals surface area contributed by atoms with Crippen molar-refractivity contribution in [1.29, 1.82) is 0 Å². The highest BCUT2D eigenvalue weighted by Crippen LogP contribution is 2.28. The lowest BCUT2D eigenvalue weighted by Gasteiger charge is -2.38. The standard InChI is InChI=1S/C34H48N8O9/c1-4-51-28(46)9-7-5-6-8-16-41(22(3)43)19-21(2)20-42-25(18-37-30-29(42)32(48)40-34(35)39-30)17-36-24-12-10-23(11-13-24)31(47)38-26(33(49)50)14-15-27(44)45/h10-13,19,25-26,36H,4-9,14-18,20H2,1-3H3,(H,38,47)(H,44,45)(H,49,50)(H4,35,37,39,40,48). The van der Waals surface area contributed by atoms with E-state index in [1.165, 1.54) is 19.1 Å². The molecule has 8 N–H and O–H groups in total. The molecule has 0 bridgehead atoms. The lowest BCUT2D eigenvalue weighted by Crippen LogP contribution is -2.51. The van der Waals surface area contributed by atoms with E-state index in [1.54, 1.807) is 30.2 Å². The molecule has 0 saturated carbocycles. The molecule has 0 aliphatic carbocycles. The molecule has 2 unspecified atom stereocenters. The number of esters is 1. The minimum Gasteiger partial charge on any atom is -0.481 e. The lowest BCUT2D eigenvalue weighted by atomic mass is 10.1. The zero-order valence-electron chi connectivity index (χ0n) is 29.2. The zero-order chi connectivity index (χ0) is 37.5. The van der Waals surface area contributed by atoms with Gasteiger partial charge in [0.15, 0.2) is 5.82 Å². The number of nitrogens with two attached hydrogens (primary N) is 1. The molecule has 1 aromatic carbocycles. The van der Waals surface area contributed by atoms with Crippen LogP contribution in [-0.2, 0) is 23.9 Å². The molecule has 3 rings (SSSR count). The number of benzene rings is 1. The molecule has 278 valence electrons. The number of carboxylic acid groups (broad SMARTS) is 2. The number of nitrogens with zero attached hydrogens (tertiary/aromatic N) is 3. The van der Waals surface area contributed by atoms with Gasteiger partial charge in [0.05, 0.1) is 12.6 Å². The first-order chi connectivity index (χ1) is 24.3. The highest BCUT2D eigenvalue weighted by atomic mass is 16.5. The van der Waals surface area contributed by atoms with Crippen LogP contribution in [-0.4, -0.2) is 99.7 Å². The van der Waals surface area contributed by atoms with Crippen LogP contribution in [0.3, 0.4) is 0 Å². The monoisotopic (exact) mass is 712 g/mol. The average molecular weight is 713 g/mol. The number of anilines is 4. The summed E-state index contributed by atoms with van der Waals surface area (Å²) in [5.74, 6) is -3.16. The number of carboxylic acids is 2. The Labute approximate surface area is 295 Å². The number of H-pyrrole nitrogens is 1. The van der Waals surface area contributed by atoms with E-state index in [0.29, 0.717) is 56.4 Å². The smallest absolute Gasteiger partial charge is 0.326 e. The molecular formula is C34H48N8O9. The fraction of sp³-hybridized carbons (Fsp3) is 0.500. The first kappa shape index (κ1) is 39.8. The first-order valence-corrected chi connectivity index (χ1v) is 16.9. The summed E-state index contributed by atoms with van der Waals surface area (Å²) in [6, 6.07) is 4.71. The average Bonchev–Trinajstić information content (AvgIpc) is 3.06. The number of aromatic amines is 1. The second-order valence-corrected chi connectivity index (χ2v) is 12.2. The highest BCUT2D eigenvalue weighted by molar-refractivity contribution is 5.97. The molecule has 1 aromatic heterocycles. The van der Waals surface area contributed by atoms with E-state index in [9.17, 15) is 33.9 Å². The number of unbranched alkanes of at least 4 members (excludes halogenated alkanes) is 3. The molecule has 17 heteroatoms. The molecule has 51 heavy (non-hydrogen) atoms. The van der Waals surface area contributed by atoms with Gasteiger partial charge in [-0.3, -0.25) is 29.0 Å². The van der Waals surface area contributed by atoms with E-state index in [-0.39, 0.29) is 35.9 Å². The molecule has 2 atom stereocenters. The van der Waals surface area contributed by atoms with E-state index in [0.717, 1.165) is 31.3 Å². The predicted octanol–water partition coefficient (Wildman–Crippen LogP) is 2.38. The normalized spacial score (nSPS) is 14.5. The predicted molar refractivity (Wildman–Crippen MR) is 190 cm³/mol. The summed E-state index contributed by atoms with van der Waals surface area (Å²) < 4.78 is 4.96. The van der Waals surface area contributed by atoms with E-state index in [2.05, 4.69) is 25.9 Å². The fourth-order valence-electron chi connectivity index (χ4n) is 5.54. The van der Waals surface area contributed by atoms with Gasteiger partial charge in [0.2, 0.25) is 11.9 Å². The first-order valence-electron chi connectivity index (χ1n) is 16.9. The Bertz CT molecular complexity index is 1630. The van der Waals surface area contributed by atoms with Gasteiger partial charge in [-0.2, -0.15) is 4.98 Å². The quantitative estimate of drug-likeness (QED) is 0.0770. The van der Waals surface area contributed by atoms with Gasteiger partial charge in [-0.1, -0.05) is 12.8 Å². The van der Waals surface area contributed by atoms with Gasteiger partial charge in [0.25, 0.3) is 11.5 Å². The second kappa shape index (κ2) is 19.5. The molecule has 0 fully saturated rings. The van der Waals surface area contributed by atoms with Crippen molar-refractivity contribution < 1.29 is 38.9 Å². The molecule has 0 spiro atoms. The molecule has 0 radical (unpaired) electrons. The van der Waals surface area contributed by atoms with E-state index in [1.807, 2.05) is 11.8 Å². The topological polar surface area (TPSA) is 249 Å². The molecule has 2 heterocycles. The van der Waals surface area contributed by atoms with Crippen LogP contribution in [0.15, 0.2) is 40.8 Å². The summed E-state index contributed by atoms with van der Waals surface area (Å²) in [4.78, 5) is 82.5. The summed E-state index contributed by atoms with van der Waals surface area (Å²) >= 11 is 0. The Balaban J connectivity index is 1.68. The fourth-order valence-corrected chi connectivity index (χ4v) is 5.54. The summed E-state index contributed by atoms with van der Waals surface area (Å²) in [5, 5.41) is 27.0. The van der Waals surface area contributed by atoms with Crippen LogP contribution < -0.4 is 32.1 Å². The maximum atomic E-state index is 13.1. The number of carbonyl (C=O) groups excluding carboxylic acids is 3. The number of carbonyl (C=O) groups is 5. The number of rotatable bonds is 20. The largest absolute Gasteiger partial charge is 0.481 e. The van der Waals surface area contributed by atoms with E-state index < -0.39 is 35.9 Å². The number of nitrogen functional groups attached to an aromatic ring is 1. The van der Waals surface area contributed by atoms with Crippen LogP contribution in [0.1, 0.15) is 76.1 Å². The second-order valence-electron chi connectivity index (χ2n) is 12.2. The van der Waals surface area contributed by atoms with Crippen molar-refractivity contribution in [3.8, 4) is 0 Å². The van der Waals surface area contributed by atoms with Crippen LogP contribution in [0, 0.1) is 0 Å². The van der Waals surface area contributed by atoms with Crippen molar-refractivity contribution in [1.82, 2.24) is 20.2 Å². The van der Waals surface area contributed by atoms with Gasteiger partial charge >= 0.3 is 17.9 Å². The number of aromatic nitrogens is 2. The Morgan fingerprint density at radius 2 is 1.80 bits per heavy atom. The summed E-state index contributed by atoms with van der Waals surface area (Å²) in [6.45, 7) is 7.06. The van der Waals surface area contributed by atoms with Crippen LogP contribution in [0.5, 0.6) is 0 Å². The number of aliphatic carboxylic acids is 2. The number of ether oxygens (including phenoxy) is 1. The van der Waals surface area contributed by atoms with Crippen molar-refractivity contribution in [3.63, 3.8) is 0 Å². The summed E-state index contributed by atoms with van der Waals surface area (Å²) in [7, 11) is 0. The van der Waals surface area contributed by atoms with Crippen LogP contribution in [0.2, 0.25) is 0 Å². The van der Waals surface area contributed by atoms with Gasteiger partial charge in [-0.15, -0.1) is 0 Å². The number of nitrogens with one attached hydrogen (secondary N) is 4. The molecule has 1 aliphatic heterocycles. The van der Waals surface area contributed by atoms with Crippen LogP contribution in [0.4, 0.5) is 23.1 Å². The Kier molecular flexibility index (Phi) is 15.3. The van der Waals surface area contributed by atoms with E-state index in [4.69, 9.17) is 15.6 Å². The highest BCUT2D eigenvalue weighted by Gasteiger charge is 2.30. The maximum Gasteiger partial charge on any atom is 0.326 e. The van der Waals surface area contributed by atoms with Crippen molar-refractivity contribution in [2.24, 2.45) is 0 Å². The Hall–Kier alpha value is -5.61. The van der Waals surface area contributed by atoms with Gasteiger partial charge < -0.3 is 46.4 Å². The van der Waals surface area contributed by atoms with Crippen molar-refractivity contribution in [2.75, 3.05) is 54.1 Å². The van der Waals surface area contributed by atoms with Gasteiger partial charge in [-0.25, -0.2) is 4.79 Å². The number of hydrogen-bond donors (Lipinski definition) is 7. The van der Waals surface area contributed by atoms with Gasteiger partial charge in [0, 0.05) is 63.4 Å². The molecule has 2 amide bonds. The van der Waals surface area contributed by atoms with Gasteiger partial charge in [0.1, 0.15) is 11.7 Å². The Morgan fingerprint density at radius 3 is 2.45 bits per heavy atom. The maximum absolute atomic E-state index is 13.1. The Morgan fingerprint density at radius 1 is 1.10 bits per heavy atom. The van der Waals surface area contributed by atoms with Gasteiger partial charge in [-0.05, 0) is 62.9 Å². The van der Waals surface area contributed by atoms with Crippen LogP contribution in [0.25, 0.3) is 0 Å². The summed E-state index contributed by atoms with van der Waals surface area (Å²) in [5.41, 5.74) is 7.35.